The molecule has 110 valence electrons. The topological polar surface area (TPSA) is 78.0 Å². The van der Waals surface area contributed by atoms with Gasteiger partial charge in [-0.05, 0) is 26.8 Å². The Morgan fingerprint density at radius 3 is 2.57 bits per heavy atom. The summed E-state index contributed by atoms with van der Waals surface area (Å²) in [5.41, 5.74) is 5.84. The molecule has 0 saturated heterocycles. The molecule has 0 aliphatic rings. The van der Waals surface area contributed by atoms with E-state index in [2.05, 4.69) is 4.98 Å². The van der Waals surface area contributed by atoms with E-state index in [0.717, 1.165) is 6.20 Å². The van der Waals surface area contributed by atoms with Crippen LogP contribution in [0, 0.1) is 12.7 Å². The number of aromatic nitrogens is 2. The summed E-state index contributed by atoms with van der Waals surface area (Å²) in [6, 6.07) is 1.23. The Labute approximate surface area is 121 Å². The maximum absolute atomic E-state index is 13.4. The minimum Gasteiger partial charge on any atom is -0.365 e. The lowest BCUT2D eigenvalue weighted by Crippen LogP contribution is -2.27. The highest BCUT2D eigenvalue weighted by Crippen LogP contribution is 2.22. The predicted molar refractivity (Wildman–Crippen MR) is 77.5 cm³/mol. The van der Waals surface area contributed by atoms with Crippen LogP contribution in [0.1, 0.15) is 35.9 Å². The highest BCUT2D eigenvalue weighted by Gasteiger charge is 2.19. The molecule has 2 heterocycles. The zero-order valence-electron chi connectivity index (χ0n) is 12.1. The second kappa shape index (κ2) is 5.47. The van der Waals surface area contributed by atoms with Gasteiger partial charge in [0.1, 0.15) is 11.4 Å². The predicted octanol–water partition coefficient (Wildman–Crippen LogP) is 2.04. The molecule has 0 radical (unpaired) electrons. The summed E-state index contributed by atoms with van der Waals surface area (Å²) in [5.74, 6) is -1.35. The molecule has 6 heteroatoms. The summed E-state index contributed by atoms with van der Waals surface area (Å²) in [4.78, 5) is 27.7. The van der Waals surface area contributed by atoms with Crippen LogP contribution >= 0.6 is 0 Å². The fourth-order valence-corrected chi connectivity index (χ4v) is 2.32. The summed E-state index contributed by atoms with van der Waals surface area (Å²) >= 11 is 0. The Morgan fingerprint density at radius 1 is 1.38 bits per heavy atom. The maximum atomic E-state index is 13.4. The number of primary amides is 1. The van der Waals surface area contributed by atoms with Gasteiger partial charge in [0.2, 0.25) is 5.43 Å². The van der Waals surface area contributed by atoms with E-state index in [4.69, 9.17) is 5.73 Å². The number of carbonyl (C=O) groups excluding carboxylic acids is 1. The van der Waals surface area contributed by atoms with E-state index < -0.39 is 17.2 Å². The van der Waals surface area contributed by atoms with E-state index >= 15 is 0 Å². The van der Waals surface area contributed by atoms with Gasteiger partial charge in [-0.1, -0.05) is 0 Å². The summed E-state index contributed by atoms with van der Waals surface area (Å²) < 4.78 is 15.1. The van der Waals surface area contributed by atoms with Crippen molar-refractivity contribution in [1.82, 2.24) is 9.55 Å². The van der Waals surface area contributed by atoms with Gasteiger partial charge in [-0.3, -0.25) is 14.6 Å². The van der Waals surface area contributed by atoms with Crippen molar-refractivity contribution in [3.8, 4) is 11.1 Å². The zero-order valence-corrected chi connectivity index (χ0v) is 12.1. The molecule has 2 N–H and O–H groups in total. The molecule has 0 fully saturated rings. The summed E-state index contributed by atoms with van der Waals surface area (Å²) in [5, 5.41) is 0. The van der Waals surface area contributed by atoms with Crippen molar-refractivity contribution in [2.45, 2.75) is 26.8 Å². The van der Waals surface area contributed by atoms with Crippen LogP contribution in [0.15, 0.2) is 29.5 Å². The standard InChI is InChI=1S/C15H16FN3O2/c1-8(2)19-7-12(15(17)21)14(20)13(9(19)3)10-4-11(16)6-18-5-10/h4-8H,1-3H3,(H2,17,21). The third-order valence-electron chi connectivity index (χ3n) is 3.30. The van der Waals surface area contributed by atoms with Crippen LogP contribution in [0.3, 0.4) is 0 Å². The van der Waals surface area contributed by atoms with E-state index in [9.17, 15) is 14.0 Å². The molecule has 2 rings (SSSR count). The molecule has 0 atom stereocenters. The average molecular weight is 289 g/mol. The minimum atomic E-state index is -0.806. The molecule has 2 aromatic heterocycles. The van der Waals surface area contributed by atoms with Gasteiger partial charge in [-0.25, -0.2) is 4.39 Å². The van der Waals surface area contributed by atoms with Gasteiger partial charge in [0.05, 0.1) is 11.8 Å². The number of amides is 1. The molecule has 1 amide bonds. The van der Waals surface area contributed by atoms with Crippen molar-refractivity contribution in [3.63, 3.8) is 0 Å². The van der Waals surface area contributed by atoms with Crippen LogP contribution in [0.2, 0.25) is 0 Å². The van der Waals surface area contributed by atoms with Gasteiger partial charge in [-0.15, -0.1) is 0 Å². The van der Waals surface area contributed by atoms with Crippen molar-refractivity contribution >= 4 is 5.91 Å². The van der Waals surface area contributed by atoms with Gasteiger partial charge in [0.15, 0.2) is 0 Å². The zero-order chi connectivity index (χ0) is 15.7. The minimum absolute atomic E-state index is 0.0176. The number of halogens is 1. The monoisotopic (exact) mass is 289 g/mol. The lowest BCUT2D eigenvalue weighted by atomic mass is 10.0. The number of hydrogen-bond acceptors (Lipinski definition) is 3. The first kappa shape index (κ1) is 14.9. The summed E-state index contributed by atoms with van der Waals surface area (Å²) in [6.45, 7) is 5.57. The first-order valence-corrected chi connectivity index (χ1v) is 6.49. The molecule has 0 aliphatic carbocycles. The van der Waals surface area contributed by atoms with Crippen LogP contribution in [-0.4, -0.2) is 15.5 Å². The van der Waals surface area contributed by atoms with E-state index in [1.807, 2.05) is 13.8 Å². The number of nitrogens with zero attached hydrogens (tertiary/aromatic N) is 2. The normalized spacial score (nSPS) is 10.9. The van der Waals surface area contributed by atoms with Crippen LogP contribution in [0.4, 0.5) is 4.39 Å². The van der Waals surface area contributed by atoms with Crippen LogP contribution in [0.25, 0.3) is 11.1 Å². The quantitative estimate of drug-likeness (QED) is 0.939. The second-order valence-electron chi connectivity index (χ2n) is 5.09. The fourth-order valence-electron chi connectivity index (χ4n) is 2.32. The van der Waals surface area contributed by atoms with Crippen LogP contribution in [-0.2, 0) is 0 Å². The number of hydrogen-bond donors (Lipinski definition) is 1. The second-order valence-corrected chi connectivity index (χ2v) is 5.09. The SMILES string of the molecule is Cc1c(-c2cncc(F)c2)c(=O)c(C(N)=O)cn1C(C)C. The molecule has 0 aromatic carbocycles. The van der Waals surface area contributed by atoms with Crippen molar-refractivity contribution in [1.29, 1.82) is 0 Å². The Kier molecular flexibility index (Phi) is 3.88. The first-order valence-electron chi connectivity index (χ1n) is 6.49. The van der Waals surface area contributed by atoms with Gasteiger partial charge in [0, 0.05) is 29.7 Å². The van der Waals surface area contributed by atoms with Crippen molar-refractivity contribution in [2.75, 3.05) is 0 Å². The third-order valence-corrected chi connectivity index (χ3v) is 3.30. The summed E-state index contributed by atoms with van der Waals surface area (Å²) in [7, 11) is 0. The highest BCUT2D eigenvalue weighted by atomic mass is 19.1. The van der Waals surface area contributed by atoms with Crippen LogP contribution < -0.4 is 11.2 Å². The molecule has 5 nitrogen and oxygen atoms in total. The number of nitrogens with two attached hydrogens (primary N) is 1. The molecular formula is C15H16FN3O2. The van der Waals surface area contributed by atoms with E-state index in [1.165, 1.54) is 18.5 Å². The van der Waals surface area contributed by atoms with E-state index in [1.54, 1.807) is 11.5 Å². The lowest BCUT2D eigenvalue weighted by molar-refractivity contribution is 0.0998. The van der Waals surface area contributed by atoms with E-state index in [-0.39, 0.29) is 17.2 Å². The maximum Gasteiger partial charge on any atom is 0.254 e. The van der Waals surface area contributed by atoms with Gasteiger partial charge in [-0.2, -0.15) is 0 Å². The molecule has 2 aromatic rings. The Morgan fingerprint density at radius 2 is 2.05 bits per heavy atom. The lowest BCUT2D eigenvalue weighted by Gasteiger charge is -2.19. The average Bonchev–Trinajstić information content (AvgIpc) is 2.38. The number of carbonyl (C=O) groups is 1. The molecule has 0 saturated carbocycles. The van der Waals surface area contributed by atoms with Gasteiger partial charge >= 0.3 is 0 Å². The Bertz CT molecular complexity index is 766. The number of pyridine rings is 2. The van der Waals surface area contributed by atoms with Crippen molar-refractivity contribution in [2.24, 2.45) is 5.73 Å². The van der Waals surface area contributed by atoms with Crippen molar-refractivity contribution in [3.05, 3.63) is 52.0 Å². The Hall–Kier alpha value is -2.50. The van der Waals surface area contributed by atoms with Gasteiger partial charge in [0.25, 0.3) is 5.91 Å². The molecule has 21 heavy (non-hydrogen) atoms. The van der Waals surface area contributed by atoms with Gasteiger partial charge < -0.3 is 10.3 Å². The molecular weight excluding hydrogens is 273 g/mol. The molecule has 0 bridgehead atoms. The first-order chi connectivity index (χ1) is 9.82. The molecule has 0 aliphatic heterocycles. The number of rotatable bonds is 3. The highest BCUT2D eigenvalue weighted by molar-refractivity contribution is 5.93. The smallest absolute Gasteiger partial charge is 0.254 e. The largest absolute Gasteiger partial charge is 0.365 e. The Balaban J connectivity index is 2.87. The summed E-state index contributed by atoms with van der Waals surface area (Å²) in [6.07, 6.45) is 3.89. The van der Waals surface area contributed by atoms with E-state index in [0.29, 0.717) is 11.3 Å². The third kappa shape index (κ3) is 2.69. The molecule has 0 unspecified atom stereocenters. The van der Waals surface area contributed by atoms with Crippen LogP contribution in [0.5, 0.6) is 0 Å². The molecule has 0 spiro atoms. The van der Waals surface area contributed by atoms with Crippen molar-refractivity contribution < 1.29 is 9.18 Å². The fraction of sp³-hybridized carbons (Fsp3) is 0.267.